The molecule has 1 aromatic heterocycles. The van der Waals surface area contributed by atoms with E-state index in [9.17, 15) is 0 Å². The molecule has 1 aromatic carbocycles. The predicted molar refractivity (Wildman–Crippen MR) is 72.8 cm³/mol. The summed E-state index contributed by atoms with van der Waals surface area (Å²) in [5.74, 6) is 0.997. The van der Waals surface area contributed by atoms with Crippen LogP contribution in [0.4, 0.5) is 11.5 Å². The third-order valence-corrected chi connectivity index (χ3v) is 3.53. The molecular formula is C13H14ClN3O. The number of anilines is 2. The molecule has 2 aromatic rings. The van der Waals surface area contributed by atoms with Gasteiger partial charge in [0.2, 0.25) is 0 Å². The first kappa shape index (κ1) is 11.4. The van der Waals surface area contributed by atoms with E-state index >= 15 is 0 Å². The first-order chi connectivity index (χ1) is 8.75. The first-order valence-corrected chi connectivity index (χ1v) is 6.39. The molecule has 4 nitrogen and oxygen atoms in total. The Labute approximate surface area is 110 Å². The van der Waals surface area contributed by atoms with Crippen LogP contribution in [0.3, 0.4) is 0 Å². The summed E-state index contributed by atoms with van der Waals surface area (Å²) in [4.78, 5) is 2.32. The summed E-state index contributed by atoms with van der Waals surface area (Å²) in [7, 11) is 0. The number of nitrogens with two attached hydrogens (primary N) is 1. The molecule has 0 atom stereocenters. The zero-order valence-electron chi connectivity index (χ0n) is 9.90. The Morgan fingerprint density at radius 2 is 2.06 bits per heavy atom. The summed E-state index contributed by atoms with van der Waals surface area (Å²) >= 11 is 6.30. The number of aromatic nitrogens is 1. The Morgan fingerprint density at radius 3 is 2.72 bits per heavy atom. The van der Waals surface area contributed by atoms with Crippen molar-refractivity contribution >= 4 is 23.1 Å². The zero-order valence-corrected chi connectivity index (χ0v) is 10.7. The van der Waals surface area contributed by atoms with Gasteiger partial charge in [-0.2, -0.15) is 0 Å². The molecular weight excluding hydrogens is 250 g/mol. The van der Waals surface area contributed by atoms with Crippen LogP contribution in [0.1, 0.15) is 12.8 Å². The lowest BCUT2D eigenvalue weighted by Crippen LogP contribution is -2.18. The van der Waals surface area contributed by atoms with E-state index in [0.717, 1.165) is 24.3 Å². The van der Waals surface area contributed by atoms with Gasteiger partial charge in [0.05, 0.1) is 10.6 Å². The summed E-state index contributed by atoms with van der Waals surface area (Å²) in [6.07, 6.45) is 2.43. The second-order valence-electron chi connectivity index (χ2n) is 4.44. The molecule has 5 heteroatoms. The van der Waals surface area contributed by atoms with Gasteiger partial charge in [0, 0.05) is 24.8 Å². The lowest BCUT2D eigenvalue weighted by Gasteiger charge is -2.20. The fraction of sp³-hybridized carbons (Fsp3) is 0.308. The summed E-state index contributed by atoms with van der Waals surface area (Å²) in [5.41, 5.74) is 7.58. The van der Waals surface area contributed by atoms with E-state index < -0.39 is 0 Å². The van der Waals surface area contributed by atoms with Crippen molar-refractivity contribution in [1.29, 1.82) is 0 Å². The largest absolute Gasteiger partial charge is 0.381 e. The molecule has 3 rings (SSSR count). The van der Waals surface area contributed by atoms with Gasteiger partial charge in [-0.05, 0) is 25.0 Å². The van der Waals surface area contributed by atoms with E-state index in [2.05, 4.69) is 16.1 Å². The van der Waals surface area contributed by atoms with Crippen LogP contribution in [0, 0.1) is 0 Å². The third-order valence-electron chi connectivity index (χ3n) is 3.21. The summed E-state index contributed by atoms with van der Waals surface area (Å²) in [6.45, 7) is 2.11. The van der Waals surface area contributed by atoms with Gasteiger partial charge in [-0.15, -0.1) is 0 Å². The maximum absolute atomic E-state index is 6.30. The van der Waals surface area contributed by atoms with Crippen LogP contribution < -0.4 is 10.6 Å². The third kappa shape index (κ3) is 1.93. The van der Waals surface area contributed by atoms with Crippen molar-refractivity contribution in [2.75, 3.05) is 23.7 Å². The molecule has 0 spiro atoms. The minimum absolute atomic E-state index is 0.372. The molecule has 0 amide bonds. The van der Waals surface area contributed by atoms with Crippen LogP contribution >= 0.6 is 11.6 Å². The number of hydrogen-bond donors (Lipinski definition) is 1. The maximum atomic E-state index is 6.30. The van der Waals surface area contributed by atoms with Gasteiger partial charge in [0.25, 0.3) is 0 Å². The Kier molecular flexibility index (Phi) is 2.88. The van der Waals surface area contributed by atoms with E-state index in [1.165, 1.54) is 12.8 Å². The number of nitrogen functional groups attached to an aromatic ring is 1. The van der Waals surface area contributed by atoms with Gasteiger partial charge in [-0.3, -0.25) is 0 Å². The topological polar surface area (TPSA) is 55.3 Å². The normalized spacial score (nSPS) is 15.3. The number of hydrogen-bond acceptors (Lipinski definition) is 4. The molecule has 0 unspecified atom stereocenters. The molecule has 0 aliphatic carbocycles. The highest BCUT2D eigenvalue weighted by Gasteiger charge is 2.20. The number of rotatable bonds is 2. The van der Waals surface area contributed by atoms with Crippen molar-refractivity contribution < 1.29 is 4.52 Å². The highest BCUT2D eigenvalue weighted by molar-refractivity contribution is 6.34. The minimum atomic E-state index is 0.372. The van der Waals surface area contributed by atoms with Crippen molar-refractivity contribution in [1.82, 2.24) is 5.16 Å². The minimum Gasteiger partial charge on any atom is -0.381 e. The molecule has 1 saturated heterocycles. The highest BCUT2D eigenvalue weighted by Crippen LogP contribution is 2.38. The predicted octanol–water partition coefficient (Wildman–Crippen LogP) is 3.18. The molecule has 94 valence electrons. The second-order valence-corrected chi connectivity index (χ2v) is 4.85. The van der Waals surface area contributed by atoms with Gasteiger partial charge < -0.3 is 15.2 Å². The Bertz CT molecular complexity index is 561. The van der Waals surface area contributed by atoms with Crippen LogP contribution in [0.2, 0.25) is 5.02 Å². The van der Waals surface area contributed by atoms with Gasteiger partial charge in [0.1, 0.15) is 0 Å². The van der Waals surface area contributed by atoms with E-state index in [4.69, 9.17) is 21.9 Å². The number of halogens is 1. The molecule has 0 bridgehead atoms. The summed E-state index contributed by atoms with van der Waals surface area (Å²) in [5, 5.41) is 4.39. The van der Waals surface area contributed by atoms with Crippen molar-refractivity contribution in [2.24, 2.45) is 0 Å². The van der Waals surface area contributed by atoms with Crippen molar-refractivity contribution in [3.05, 3.63) is 29.3 Å². The molecule has 2 heterocycles. The smallest absolute Gasteiger partial charge is 0.172 e. The monoisotopic (exact) mass is 263 g/mol. The van der Waals surface area contributed by atoms with Crippen LogP contribution in [0.15, 0.2) is 28.8 Å². The molecule has 0 saturated carbocycles. The van der Waals surface area contributed by atoms with Crippen LogP contribution in [-0.4, -0.2) is 18.2 Å². The Hall–Kier alpha value is -1.68. The van der Waals surface area contributed by atoms with Gasteiger partial charge in [0.15, 0.2) is 11.6 Å². The Balaban J connectivity index is 2.11. The van der Waals surface area contributed by atoms with Crippen molar-refractivity contribution in [2.45, 2.75) is 12.8 Å². The molecule has 2 N–H and O–H groups in total. The lowest BCUT2D eigenvalue weighted by molar-refractivity contribution is 0.436. The molecule has 1 fully saturated rings. The van der Waals surface area contributed by atoms with Gasteiger partial charge in [-0.25, -0.2) is 0 Å². The van der Waals surface area contributed by atoms with Crippen LogP contribution in [0.25, 0.3) is 11.3 Å². The molecule has 1 aliphatic rings. The van der Waals surface area contributed by atoms with E-state index in [-0.39, 0.29) is 0 Å². The average molecular weight is 264 g/mol. The van der Waals surface area contributed by atoms with Crippen molar-refractivity contribution in [3.63, 3.8) is 0 Å². The second kappa shape index (κ2) is 4.53. The van der Waals surface area contributed by atoms with E-state index in [1.807, 2.05) is 12.1 Å². The van der Waals surface area contributed by atoms with Gasteiger partial charge >= 0.3 is 0 Å². The van der Waals surface area contributed by atoms with Crippen molar-refractivity contribution in [3.8, 4) is 11.3 Å². The van der Waals surface area contributed by atoms with Gasteiger partial charge in [-0.1, -0.05) is 22.8 Å². The first-order valence-electron chi connectivity index (χ1n) is 6.02. The average Bonchev–Trinajstić information content (AvgIpc) is 2.99. The summed E-state index contributed by atoms with van der Waals surface area (Å²) in [6, 6.07) is 7.58. The van der Waals surface area contributed by atoms with Crippen LogP contribution in [-0.2, 0) is 0 Å². The standard InChI is InChI=1S/C13H14ClN3O/c14-9-4-3-5-10(17-6-1-2-7-17)13(9)11-8-12(15)16-18-11/h3-5,8H,1-2,6-7H2,(H2,15,16). The van der Waals surface area contributed by atoms with Crippen LogP contribution in [0.5, 0.6) is 0 Å². The molecule has 0 radical (unpaired) electrons. The van der Waals surface area contributed by atoms with E-state index in [1.54, 1.807) is 6.07 Å². The quantitative estimate of drug-likeness (QED) is 0.904. The fourth-order valence-corrected chi connectivity index (χ4v) is 2.65. The number of benzene rings is 1. The molecule has 1 aliphatic heterocycles. The maximum Gasteiger partial charge on any atom is 0.172 e. The van der Waals surface area contributed by atoms with E-state index in [0.29, 0.717) is 16.6 Å². The Morgan fingerprint density at radius 1 is 1.28 bits per heavy atom. The SMILES string of the molecule is Nc1cc(-c2c(Cl)cccc2N2CCCC2)on1. The molecule has 18 heavy (non-hydrogen) atoms. The zero-order chi connectivity index (χ0) is 12.5. The summed E-state index contributed by atoms with van der Waals surface area (Å²) < 4.78 is 5.25. The lowest BCUT2D eigenvalue weighted by atomic mass is 10.1. The fourth-order valence-electron chi connectivity index (χ4n) is 2.38. The highest BCUT2D eigenvalue weighted by atomic mass is 35.5. The number of nitrogens with zero attached hydrogens (tertiary/aromatic N) is 2.